The first-order valence-corrected chi connectivity index (χ1v) is 14.8. The van der Waals surface area contributed by atoms with Gasteiger partial charge in [-0.1, -0.05) is 23.5 Å². The number of methoxy groups -OCH3 is 1. The Hall–Kier alpha value is -6.03. The predicted octanol–water partition coefficient (Wildman–Crippen LogP) is 4.14. The number of allylic oxidation sites excluding steroid dienone is 1. The molecule has 47 heavy (non-hydrogen) atoms. The lowest BCUT2D eigenvalue weighted by Crippen LogP contribution is -2.39. The van der Waals surface area contributed by atoms with Crippen molar-refractivity contribution in [3.8, 4) is 28.7 Å². The fraction of sp³-hybridized carbons (Fsp3) is 0.194. The average Bonchev–Trinajstić information content (AvgIpc) is 3.64. The van der Waals surface area contributed by atoms with Crippen LogP contribution in [0.5, 0.6) is 28.7 Å². The average molecular weight is 661 g/mol. The zero-order valence-corrected chi connectivity index (χ0v) is 25.8. The Balaban J connectivity index is 1.41. The van der Waals surface area contributed by atoms with Crippen molar-refractivity contribution in [1.29, 1.82) is 0 Å². The number of thiazole rings is 1. The van der Waals surface area contributed by atoms with Gasteiger partial charge in [0.05, 0.1) is 51.5 Å². The summed E-state index contributed by atoms with van der Waals surface area (Å²) in [6.07, 6.45) is 1.62. The second-order valence-corrected chi connectivity index (χ2v) is 11.1. The van der Waals surface area contributed by atoms with Gasteiger partial charge >= 0.3 is 11.7 Å². The molecule has 3 heterocycles. The number of nitro groups is 2. The van der Waals surface area contributed by atoms with Gasteiger partial charge in [-0.2, -0.15) is 0 Å². The lowest BCUT2D eigenvalue weighted by atomic mass is 9.95. The van der Waals surface area contributed by atoms with E-state index in [1.165, 1.54) is 17.7 Å². The molecule has 0 spiro atoms. The number of fused-ring (bicyclic) bond motifs is 2. The van der Waals surface area contributed by atoms with E-state index in [1.54, 1.807) is 50.3 Å². The standard InChI is InChI=1S/C31H24N4O11S/c1-4-43-30(37)27-16(2)32-31-33(28(27)18-6-9-22-25(13-18)45-15-44-22)29(36)26(47-31)12-17-5-8-23(24(11-17)42-3)46-21-10-7-19(34(38)39)14-20(21)35(40)41/h5-14,28H,4,15H2,1-3H3/b26-12-. The van der Waals surface area contributed by atoms with Gasteiger partial charge in [0, 0.05) is 6.07 Å². The SMILES string of the molecule is CCOC(=O)C1=C(C)N=c2s/c(=C\c3ccc(Oc4ccc([N+](=O)[O-])cc4[N+](=O)[O-])c(OC)c3)c(=O)n2C1c1ccc2c(c1)OCO2. The molecule has 0 saturated heterocycles. The van der Waals surface area contributed by atoms with Gasteiger partial charge in [-0.15, -0.1) is 0 Å². The van der Waals surface area contributed by atoms with Gasteiger partial charge in [0.25, 0.3) is 11.2 Å². The summed E-state index contributed by atoms with van der Waals surface area (Å²) >= 11 is 1.12. The normalized spacial score (nSPS) is 15.1. The molecule has 1 unspecified atom stereocenters. The van der Waals surface area contributed by atoms with Gasteiger partial charge in [0.15, 0.2) is 27.8 Å². The third kappa shape index (κ3) is 5.77. The van der Waals surface area contributed by atoms with Crippen LogP contribution < -0.4 is 33.8 Å². The summed E-state index contributed by atoms with van der Waals surface area (Å²) in [5, 5.41) is 22.7. The van der Waals surface area contributed by atoms with E-state index < -0.39 is 38.8 Å². The molecule has 0 N–H and O–H groups in total. The number of carbonyl (C=O) groups is 1. The van der Waals surface area contributed by atoms with Crippen molar-refractivity contribution in [2.24, 2.45) is 4.99 Å². The van der Waals surface area contributed by atoms with Crippen molar-refractivity contribution in [3.63, 3.8) is 0 Å². The predicted molar refractivity (Wildman–Crippen MR) is 166 cm³/mol. The van der Waals surface area contributed by atoms with Crippen LogP contribution in [-0.4, -0.2) is 40.9 Å². The number of nitrogens with zero attached hydrogens (tertiary/aromatic N) is 4. The number of ether oxygens (including phenoxy) is 5. The number of aromatic nitrogens is 1. The Morgan fingerprint density at radius 1 is 1.04 bits per heavy atom. The molecule has 0 amide bonds. The second kappa shape index (κ2) is 12.4. The van der Waals surface area contributed by atoms with Crippen LogP contribution >= 0.6 is 11.3 Å². The summed E-state index contributed by atoms with van der Waals surface area (Å²) in [6.45, 7) is 3.56. The molecule has 0 bridgehead atoms. The Labute approximate surface area is 268 Å². The fourth-order valence-electron chi connectivity index (χ4n) is 5.17. The largest absolute Gasteiger partial charge is 0.493 e. The van der Waals surface area contributed by atoms with Crippen LogP contribution in [0, 0.1) is 20.2 Å². The van der Waals surface area contributed by atoms with Crippen LogP contribution in [0.1, 0.15) is 31.0 Å². The van der Waals surface area contributed by atoms with E-state index in [1.807, 2.05) is 0 Å². The van der Waals surface area contributed by atoms with E-state index in [9.17, 15) is 29.8 Å². The molecule has 4 aromatic rings. The number of nitro benzene ring substituents is 2. The molecular formula is C31H24N4O11S. The minimum Gasteiger partial charge on any atom is -0.493 e. The number of carbonyl (C=O) groups excluding carboxylic acids is 1. The quantitative estimate of drug-likeness (QED) is 0.143. The second-order valence-electron chi connectivity index (χ2n) is 10.1. The lowest BCUT2D eigenvalue weighted by Gasteiger charge is -2.24. The molecule has 6 rings (SSSR count). The minimum absolute atomic E-state index is 0.0548. The summed E-state index contributed by atoms with van der Waals surface area (Å²) in [6, 6.07) is 12.0. The number of non-ortho nitro benzene ring substituents is 1. The number of esters is 1. The zero-order chi connectivity index (χ0) is 33.4. The van der Waals surface area contributed by atoms with Crippen molar-refractivity contribution in [1.82, 2.24) is 4.57 Å². The number of hydrogen-bond acceptors (Lipinski definition) is 13. The Morgan fingerprint density at radius 2 is 1.81 bits per heavy atom. The molecule has 0 fully saturated rings. The molecule has 2 aliphatic rings. The first-order valence-electron chi connectivity index (χ1n) is 14.0. The Morgan fingerprint density at radius 3 is 2.53 bits per heavy atom. The molecule has 1 aromatic heterocycles. The Kier molecular flexibility index (Phi) is 8.17. The summed E-state index contributed by atoms with van der Waals surface area (Å²) < 4.78 is 29.3. The molecule has 16 heteroatoms. The topological polar surface area (TPSA) is 184 Å². The molecule has 0 saturated carbocycles. The number of rotatable bonds is 9. The molecule has 1 atom stereocenters. The van der Waals surface area contributed by atoms with E-state index in [4.69, 9.17) is 23.7 Å². The van der Waals surface area contributed by atoms with Crippen molar-refractivity contribution in [3.05, 3.63) is 117 Å². The Bertz CT molecular complexity index is 2190. The maximum atomic E-state index is 14.0. The highest BCUT2D eigenvalue weighted by Crippen LogP contribution is 2.40. The molecule has 0 aliphatic carbocycles. The molecule has 0 radical (unpaired) electrons. The van der Waals surface area contributed by atoms with Gasteiger partial charge in [-0.3, -0.25) is 29.6 Å². The smallest absolute Gasteiger partial charge is 0.338 e. The van der Waals surface area contributed by atoms with Gasteiger partial charge in [-0.25, -0.2) is 9.79 Å². The van der Waals surface area contributed by atoms with Crippen LogP contribution in [0.3, 0.4) is 0 Å². The maximum Gasteiger partial charge on any atom is 0.338 e. The van der Waals surface area contributed by atoms with Gasteiger partial charge in [-0.05, 0) is 61.4 Å². The van der Waals surface area contributed by atoms with Crippen LogP contribution in [0.25, 0.3) is 6.08 Å². The zero-order valence-electron chi connectivity index (χ0n) is 25.0. The van der Waals surface area contributed by atoms with E-state index in [0.717, 1.165) is 29.5 Å². The third-order valence-electron chi connectivity index (χ3n) is 7.28. The molecule has 2 aliphatic heterocycles. The van der Waals surface area contributed by atoms with Crippen molar-refractivity contribution >= 4 is 34.8 Å². The van der Waals surface area contributed by atoms with E-state index in [2.05, 4.69) is 4.99 Å². The summed E-state index contributed by atoms with van der Waals surface area (Å²) in [5.74, 6) is 0.481. The van der Waals surface area contributed by atoms with Crippen LogP contribution in [0.15, 0.2) is 75.7 Å². The number of benzene rings is 3. The van der Waals surface area contributed by atoms with Crippen molar-refractivity contribution < 1.29 is 38.3 Å². The number of hydrogen-bond donors (Lipinski definition) is 0. The highest BCUT2D eigenvalue weighted by molar-refractivity contribution is 7.07. The minimum atomic E-state index is -0.857. The van der Waals surface area contributed by atoms with Crippen LogP contribution in [0.2, 0.25) is 0 Å². The summed E-state index contributed by atoms with van der Waals surface area (Å²) in [7, 11) is 1.37. The molecule has 15 nitrogen and oxygen atoms in total. The van der Waals surface area contributed by atoms with Crippen LogP contribution in [0.4, 0.5) is 11.4 Å². The van der Waals surface area contributed by atoms with Gasteiger partial charge in [0.1, 0.15) is 0 Å². The van der Waals surface area contributed by atoms with Gasteiger partial charge in [0.2, 0.25) is 12.5 Å². The van der Waals surface area contributed by atoms with Crippen molar-refractivity contribution in [2.75, 3.05) is 20.5 Å². The fourth-order valence-corrected chi connectivity index (χ4v) is 6.21. The lowest BCUT2D eigenvalue weighted by molar-refractivity contribution is -0.394. The van der Waals surface area contributed by atoms with Crippen LogP contribution in [-0.2, 0) is 9.53 Å². The van der Waals surface area contributed by atoms with E-state index in [0.29, 0.717) is 37.7 Å². The summed E-state index contributed by atoms with van der Waals surface area (Å²) in [4.78, 5) is 53.3. The highest BCUT2D eigenvalue weighted by Gasteiger charge is 2.34. The first kappa shape index (κ1) is 31.0. The van der Waals surface area contributed by atoms with Crippen molar-refractivity contribution in [2.45, 2.75) is 19.9 Å². The first-order chi connectivity index (χ1) is 22.6. The summed E-state index contributed by atoms with van der Waals surface area (Å²) in [5.41, 5.74) is 0.280. The molecule has 240 valence electrons. The van der Waals surface area contributed by atoms with E-state index in [-0.39, 0.29) is 36.2 Å². The molecule has 3 aromatic carbocycles. The van der Waals surface area contributed by atoms with Gasteiger partial charge < -0.3 is 23.7 Å². The highest BCUT2D eigenvalue weighted by atomic mass is 32.1. The third-order valence-corrected chi connectivity index (χ3v) is 8.27. The van der Waals surface area contributed by atoms with E-state index >= 15 is 0 Å². The maximum absolute atomic E-state index is 14.0. The monoisotopic (exact) mass is 660 g/mol. The molecular weight excluding hydrogens is 636 g/mol.